The van der Waals surface area contributed by atoms with Crippen molar-refractivity contribution in [1.29, 1.82) is 0 Å². The number of Topliss-reactive ketones (excluding diaryl/α,β-unsaturated/α-hetero) is 1. The lowest BCUT2D eigenvalue weighted by atomic mass is 9.79. The molecule has 11 heteroatoms. The molecular weight excluding hydrogens is 673 g/mol. The van der Waals surface area contributed by atoms with Crippen LogP contribution in [0, 0.1) is 11.3 Å². The summed E-state index contributed by atoms with van der Waals surface area (Å²) in [6.45, 7) is 6.05. The SMILES string of the molecule is CCCCC1(CCCC)CN(c2ccccc2)c2cc(SC)c(OCC(=O)N[C@@H](C(=O)C[C@@H](CC)C(=O)O)c3ccccc3)cc2S(=O)(=O)C1. The average Bonchev–Trinajstić information content (AvgIpc) is 3.21. The van der Waals surface area contributed by atoms with Gasteiger partial charge in [0.05, 0.1) is 27.1 Å². The first-order valence-corrected chi connectivity index (χ1v) is 20.3. The fourth-order valence-electron chi connectivity index (χ4n) is 6.69. The lowest BCUT2D eigenvalue weighted by molar-refractivity contribution is -0.144. The summed E-state index contributed by atoms with van der Waals surface area (Å²) in [6.07, 6.45) is 7.31. The van der Waals surface area contributed by atoms with Gasteiger partial charge in [-0.2, -0.15) is 0 Å². The largest absolute Gasteiger partial charge is 0.483 e. The number of para-hydroxylation sites is 1. The second kappa shape index (κ2) is 17.9. The topological polar surface area (TPSA) is 130 Å². The summed E-state index contributed by atoms with van der Waals surface area (Å²) in [7, 11) is -3.79. The molecule has 1 heterocycles. The number of sulfone groups is 1. The van der Waals surface area contributed by atoms with Crippen LogP contribution in [0.2, 0.25) is 0 Å². The van der Waals surface area contributed by atoms with Gasteiger partial charge in [0.2, 0.25) is 0 Å². The third-order valence-electron chi connectivity index (χ3n) is 9.46. The number of unbranched alkanes of at least 4 members (excludes halogenated alkanes) is 2. The van der Waals surface area contributed by atoms with Crippen LogP contribution in [-0.2, 0) is 24.2 Å². The number of thioether (sulfide) groups is 1. The van der Waals surface area contributed by atoms with E-state index >= 15 is 0 Å². The zero-order valence-corrected chi connectivity index (χ0v) is 31.2. The van der Waals surface area contributed by atoms with Gasteiger partial charge in [0.25, 0.3) is 5.91 Å². The summed E-state index contributed by atoms with van der Waals surface area (Å²) in [4.78, 5) is 41.3. The molecule has 0 aliphatic carbocycles. The van der Waals surface area contributed by atoms with Crippen LogP contribution >= 0.6 is 11.8 Å². The Hall–Kier alpha value is -3.83. The molecule has 0 saturated heterocycles. The Morgan fingerprint density at radius 1 is 0.960 bits per heavy atom. The van der Waals surface area contributed by atoms with E-state index in [0.29, 0.717) is 22.7 Å². The summed E-state index contributed by atoms with van der Waals surface area (Å²) in [5.41, 5.74) is 1.58. The average molecular weight is 723 g/mol. The fraction of sp³-hybridized carbons (Fsp3) is 0.462. The lowest BCUT2D eigenvalue weighted by Gasteiger charge is -2.37. The molecule has 0 bridgehead atoms. The molecule has 1 aliphatic rings. The highest BCUT2D eigenvalue weighted by Crippen LogP contribution is 2.47. The van der Waals surface area contributed by atoms with E-state index in [9.17, 15) is 27.9 Å². The minimum atomic E-state index is -3.79. The first-order chi connectivity index (χ1) is 24.0. The van der Waals surface area contributed by atoms with Crippen molar-refractivity contribution in [3.63, 3.8) is 0 Å². The van der Waals surface area contributed by atoms with Crippen molar-refractivity contribution in [3.8, 4) is 5.75 Å². The van der Waals surface area contributed by atoms with Crippen LogP contribution in [-0.4, -0.2) is 56.3 Å². The molecular formula is C39H50N2O7S2. The van der Waals surface area contributed by atoms with Gasteiger partial charge < -0.3 is 20.1 Å². The summed E-state index contributed by atoms with van der Waals surface area (Å²) in [5.74, 6) is -2.67. The smallest absolute Gasteiger partial charge is 0.306 e. The van der Waals surface area contributed by atoms with Crippen LogP contribution in [0.1, 0.15) is 83.7 Å². The first-order valence-electron chi connectivity index (χ1n) is 17.5. The Balaban J connectivity index is 1.68. The van der Waals surface area contributed by atoms with Crippen molar-refractivity contribution in [1.82, 2.24) is 5.32 Å². The van der Waals surface area contributed by atoms with Gasteiger partial charge >= 0.3 is 5.97 Å². The Morgan fingerprint density at radius 2 is 1.58 bits per heavy atom. The number of ether oxygens (including phenoxy) is 1. The first kappa shape index (κ1) is 39.0. The number of benzene rings is 3. The van der Waals surface area contributed by atoms with Gasteiger partial charge in [0.1, 0.15) is 11.8 Å². The number of anilines is 2. The molecule has 3 aromatic carbocycles. The predicted molar refractivity (Wildman–Crippen MR) is 199 cm³/mol. The second-order valence-electron chi connectivity index (χ2n) is 13.2. The van der Waals surface area contributed by atoms with Crippen molar-refractivity contribution < 1.29 is 32.6 Å². The number of ketones is 1. The molecule has 0 aromatic heterocycles. The highest BCUT2D eigenvalue weighted by Gasteiger charge is 2.42. The van der Waals surface area contributed by atoms with Crippen LogP contribution in [0.4, 0.5) is 11.4 Å². The highest BCUT2D eigenvalue weighted by molar-refractivity contribution is 7.98. The van der Waals surface area contributed by atoms with Crippen molar-refractivity contribution in [2.75, 3.05) is 30.1 Å². The molecule has 1 amide bonds. The molecule has 0 saturated carbocycles. The summed E-state index contributed by atoms with van der Waals surface area (Å²) in [5, 5.41) is 12.3. The summed E-state index contributed by atoms with van der Waals surface area (Å²) >= 11 is 1.39. The quantitative estimate of drug-likeness (QED) is 0.125. The zero-order valence-electron chi connectivity index (χ0n) is 29.5. The van der Waals surface area contributed by atoms with Crippen LogP contribution in [0.25, 0.3) is 0 Å². The van der Waals surface area contributed by atoms with Gasteiger partial charge in [-0.25, -0.2) is 8.42 Å². The number of fused-ring (bicyclic) bond motifs is 1. The normalized spacial score (nSPS) is 16.0. The van der Waals surface area contributed by atoms with Crippen LogP contribution in [0.15, 0.2) is 82.6 Å². The highest BCUT2D eigenvalue weighted by atomic mass is 32.2. The number of hydrogen-bond acceptors (Lipinski definition) is 8. The molecule has 270 valence electrons. The molecule has 2 N–H and O–H groups in total. The van der Waals surface area contributed by atoms with E-state index in [1.807, 2.05) is 42.7 Å². The fourth-order valence-corrected chi connectivity index (χ4v) is 9.35. The number of hydrogen-bond donors (Lipinski definition) is 2. The number of rotatable bonds is 18. The third kappa shape index (κ3) is 9.69. The maximum Gasteiger partial charge on any atom is 0.306 e. The number of carbonyl (C=O) groups is 3. The Morgan fingerprint density at radius 3 is 2.14 bits per heavy atom. The van der Waals surface area contributed by atoms with Crippen molar-refractivity contribution >= 4 is 50.6 Å². The lowest BCUT2D eigenvalue weighted by Crippen LogP contribution is -2.38. The van der Waals surface area contributed by atoms with E-state index in [-0.39, 0.29) is 29.2 Å². The number of aliphatic carboxylic acids is 1. The molecule has 3 aromatic rings. The third-order valence-corrected chi connectivity index (χ3v) is 12.2. The number of nitrogens with one attached hydrogen (secondary N) is 1. The minimum absolute atomic E-state index is 0.0187. The maximum absolute atomic E-state index is 14.4. The number of carboxylic acids is 1. The van der Waals surface area contributed by atoms with Gasteiger partial charge in [0, 0.05) is 30.1 Å². The van der Waals surface area contributed by atoms with E-state index in [2.05, 4.69) is 24.1 Å². The van der Waals surface area contributed by atoms with Crippen LogP contribution in [0.5, 0.6) is 5.75 Å². The Bertz CT molecular complexity index is 1710. The van der Waals surface area contributed by atoms with E-state index < -0.39 is 51.5 Å². The van der Waals surface area contributed by atoms with Gasteiger partial charge in [-0.1, -0.05) is 95.0 Å². The summed E-state index contributed by atoms with van der Waals surface area (Å²) in [6, 6.07) is 20.9. The van der Waals surface area contributed by atoms with Crippen molar-refractivity contribution in [3.05, 3.63) is 78.4 Å². The number of nitrogens with zero attached hydrogens (tertiary/aromatic N) is 1. The van der Waals surface area contributed by atoms with E-state index in [4.69, 9.17) is 4.74 Å². The van der Waals surface area contributed by atoms with Crippen LogP contribution < -0.4 is 15.0 Å². The molecule has 4 rings (SSSR count). The van der Waals surface area contributed by atoms with Crippen molar-refractivity contribution in [2.45, 2.75) is 88.0 Å². The zero-order chi connectivity index (χ0) is 36.3. The molecule has 2 atom stereocenters. The minimum Gasteiger partial charge on any atom is -0.483 e. The number of carboxylic acid groups (broad SMARTS) is 1. The monoisotopic (exact) mass is 722 g/mol. The molecule has 0 radical (unpaired) electrons. The number of carbonyl (C=O) groups excluding carboxylic acids is 2. The van der Waals surface area contributed by atoms with Gasteiger partial charge in [-0.05, 0) is 49.3 Å². The Labute approximate surface area is 301 Å². The maximum atomic E-state index is 14.4. The summed E-state index contributed by atoms with van der Waals surface area (Å²) < 4.78 is 34.8. The van der Waals surface area contributed by atoms with Crippen LogP contribution in [0.3, 0.4) is 0 Å². The van der Waals surface area contributed by atoms with E-state index in [1.54, 1.807) is 43.3 Å². The molecule has 50 heavy (non-hydrogen) atoms. The van der Waals surface area contributed by atoms with Gasteiger partial charge in [0.15, 0.2) is 22.2 Å². The standard InChI is InChI=1S/C39H50N2O7S2/c1-5-8-20-39(21-9-6-2)26-41(30-18-14-11-15-19-30)31-23-34(49-4)33(24-35(31)50(46,47)27-39)48-25-36(43)40-37(29-16-12-10-13-17-29)32(42)22-28(7-3)38(44)45/h10-19,23-24,28,37H,5-9,20-22,25-27H2,1-4H3,(H,40,43)(H,44,45)/t28-,37-/m1/s1. The molecule has 0 fully saturated rings. The predicted octanol–water partition coefficient (Wildman–Crippen LogP) is 8.01. The van der Waals surface area contributed by atoms with Crippen molar-refractivity contribution in [2.24, 2.45) is 11.3 Å². The second-order valence-corrected chi connectivity index (χ2v) is 16.0. The number of amides is 1. The van der Waals surface area contributed by atoms with E-state index in [1.165, 1.54) is 11.8 Å². The molecule has 0 unspecified atom stereocenters. The van der Waals surface area contributed by atoms with E-state index in [0.717, 1.165) is 44.2 Å². The van der Waals surface area contributed by atoms with Gasteiger partial charge in [-0.15, -0.1) is 11.8 Å². The Kier molecular flexibility index (Phi) is 13.9. The molecule has 0 spiro atoms. The van der Waals surface area contributed by atoms with Gasteiger partial charge in [-0.3, -0.25) is 14.4 Å². The molecule has 9 nitrogen and oxygen atoms in total. The molecule has 1 aliphatic heterocycles.